The molecule has 7 heteroatoms. The van der Waals surface area contributed by atoms with Crippen LogP contribution in [0.4, 0.5) is 0 Å². The van der Waals surface area contributed by atoms with Gasteiger partial charge in [0, 0.05) is 7.05 Å². The molecule has 0 spiro atoms. The van der Waals surface area contributed by atoms with Gasteiger partial charge in [-0.15, -0.1) is 0 Å². The summed E-state index contributed by atoms with van der Waals surface area (Å²) in [6.07, 6.45) is 0.710. The van der Waals surface area contributed by atoms with Crippen LogP contribution in [0, 0.1) is 0 Å². The van der Waals surface area contributed by atoms with Gasteiger partial charge in [-0.1, -0.05) is 0 Å². The number of amidine groups is 1. The zero-order valence-electron chi connectivity index (χ0n) is 8.10. The molecule has 0 aromatic rings. The van der Waals surface area contributed by atoms with Crippen LogP contribution in [0.2, 0.25) is 0 Å². The van der Waals surface area contributed by atoms with Crippen molar-refractivity contribution in [2.75, 3.05) is 7.05 Å². The van der Waals surface area contributed by atoms with Gasteiger partial charge < -0.3 is 22.0 Å². The van der Waals surface area contributed by atoms with Crippen LogP contribution in [-0.4, -0.2) is 36.0 Å². The fourth-order valence-corrected chi connectivity index (χ4v) is 0.957. The van der Waals surface area contributed by atoms with Crippen molar-refractivity contribution in [3.8, 4) is 0 Å². The van der Waals surface area contributed by atoms with Gasteiger partial charge in [-0.25, -0.2) is 5.84 Å². The maximum absolute atomic E-state index is 10.4. The number of rotatable bonds is 5. The van der Waals surface area contributed by atoms with Crippen molar-refractivity contribution in [3.05, 3.63) is 0 Å². The molecular weight excluding hydrogens is 186 g/mol. The summed E-state index contributed by atoms with van der Waals surface area (Å²) >= 11 is 0. The van der Waals surface area contributed by atoms with E-state index < -0.39 is 18.1 Å². The first-order valence-corrected chi connectivity index (χ1v) is 4.20. The van der Waals surface area contributed by atoms with Crippen molar-refractivity contribution in [1.29, 1.82) is 0 Å². The third-order valence-electron chi connectivity index (χ3n) is 1.85. The second-order valence-corrected chi connectivity index (χ2v) is 2.88. The smallest absolute Gasteiger partial charge is 0.320 e. The molecule has 0 radical (unpaired) electrons. The molecule has 0 saturated carbocycles. The van der Waals surface area contributed by atoms with Gasteiger partial charge in [0.15, 0.2) is 0 Å². The van der Waals surface area contributed by atoms with Crippen molar-refractivity contribution < 1.29 is 9.90 Å². The fourth-order valence-electron chi connectivity index (χ4n) is 0.957. The minimum Gasteiger partial charge on any atom is -0.480 e. The predicted octanol–water partition coefficient (Wildman–Crippen LogP) is -2.00. The molecule has 0 amide bonds. The first-order valence-electron chi connectivity index (χ1n) is 4.20. The van der Waals surface area contributed by atoms with Crippen molar-refractivity contribution >= 4 is 11.8 Å². The monoisotopic (exact) mass is 203 g/mol. The Morgan fingerprint density at radius 2 is 1.93 bits per heavy atom. The molecule has 0 heterocycles. The number of carbonyl (C=O) groups is 1. The van der Waals surface area contributed by atoms with Crippen molar-refractivity contribution in [2.24, 2.45) is 22.3 Å². The summed E-state index contributed by atoms with van der Waals surface area (Å²) in [5.41, 5.74) is 13.3. The van der Waals surface area contributed by atoms with Crippen molar-refractivity contribution in [3.63, 3.8) is 0 Å². The number of aliphatic imine (C=N–C) groups is 1. The molecule has 0 aliphatic rings. The second kappa shape index (κ2) is 6.30. The van der Waals surface area contributed by atoms with Crippen LogP contribution < -0.4 is 22.7 Å². The first-order chi connectivity index (χ1) is 6.52. The molecule has 8 N–H and O–H groups in total. The Bertz CT molecular complexity index is 218. The Morgan fingerprint density at radius 3 is 2.29 bits per heavy atom. The third-order valence-corrected chi connectivity index (χ3v) is 1.85. The molecule has 0 aromatic carbocycles. The molecule has 0 aliphatic heterocycles. The minimum atomic E-state index is -1.03. The van der Waals surface area contributed by atoms with Crippen molar-refractivity contribution in [1.82, 2.24) is 5.43 Å². The molecule has 7 nitrogen and oxygen atoms in total. The molecule has 0 saturated heterocycles. The van der Waals surface area contributed by atoms with Crippen LogP contribution >= 0.6 is 0 Å². The lowest BCUT2D eigenvalue weighted by molar-refractivity contribution is -0.138. The Kier molecular flexibility index (Phi) is 5.77. The minimum absolute atomic E-state index is 0.289. The predicted molar refractivity (Wildman–Crippen MR) is 53.5 cm³/mol. The van der Waals surface area contributed by atoms with Crippen LogP contribution in [0.3, 0.4) is 0 Å². The van der Waals surface area contributed by atoms with Crippen LogP contribution in [0.1, 0.15) is 12.8 Å². The number of carboxylic acids is 1. The summed E-state index contributed by atoms with van der Waals surface area (Å²) in [7, 11) is 1.55. The van der Waals surface area contributed by atoms with E-state index in [4.69, 9.17) is 22.4 Å². The van der Waals surface area contributed by atoms with Gasteiger partial charge >= 0.3 is 5.97 Å². The highest BCUT2D eigenvalue weighted by Gasteiger charge is 2.15. The van der Waals surface area contributed by atoms with E-state index in [0.717, 1.165) is 0 Å². The molecule has 0 fully saturated rings. The Balaban J connectivity index is 3.95. The summed E-state index contributed by atoms with van der Waals surface area (Å²) in [4.78, 5) is 14.2. The van der Waals surface area contributed by atoms with E-state index in [1.165, 1.54) is 0 Å². The van der Waals surface area contributed by atoms with E-state index in [0.29, 0.717) is 12.3 Å². The van der Waals surface area contributed by atoms with Gasteiger partial charge in [-0.3, -0.25) is 9.79 Å². The van der Waals surface area contributed by atoms with Crippen LogP contribution in [0.5, 0.6) is 0 Å². The molecule has 0 rings (SSSR count). The SMILES string of the molecule is CN=C(NN)C(N)CC[C@H](N)C(=O)O. The average molecular weight is 203 g/mol. The van der Waals surface area contributed by atoms with Gasteiger partial charge in [0.2, 0.25) is 0 Å². The first kappa shape index (κ1) is 12.8. The highest BCUT2D eigenvalue weighted by atomic mass is 16.4. The van der Waals surface area contributed by atoms with Crippen LogP contribution in [0.15, 0.2) is 4.99 Å². The zero-order chi connectivity index (χ0) is 11.1. The van der Waals surface area contributed by atoms with Crippen LogP contribution in [-0.2, 0) is 4.79 Å². The number of hydrazine groups is 1. The van der Waals surface area contributed by atoms with Gasteiger partial charge in [-0.05, 0) is 12.8 Å². The van der Waals surface area contributed by atoms with E-state index in [9.17, 15) is 4.79 Å². The van der Waals surface area contributed by atoms with Gasteiger partial charge in [0.1, 0.15) is 11.9 Å². The molecule has 14 heavy (non-hydrogen) atoms. The van der Waals surface area contributed by atoms with Gasteiger partial charge in [0.25, 0.3) is 0 Å². The lowest BCUT2D eigenvalue weighted by Gasteiger charge is -2.14. The topological polar surface area (TPSA) is 140 Å². The quantitative estimate of drug-likeness (QED) is 0.151. The molecular formula is C7H17N5O2. The van der Waals surface area contributed by atoms with E-state index >= 15 is 0 Å². The molecule has 0 bridgehead atoms. The van der Waals surface area contributed by atoms with Gasteiger partial charge in [-0.2, -0.15) is 0 Å². The second-order valence-electron chi connectivity index (χ2n) is 2.88. The summed E-state index contributed by atoms with van der Waals surface area (Å²) in [5.74, 6) is 4.54. The van der Waals surface area contributed by atoms with Crippen LogP contribution in [0.25, 0.3) is 0 Å². The Labute approximate surface area is 82.3 Å². The maximum atomic E-state index is 10.4. The number of carboxylic acid groups (broad SMARTS) is 1. The molecule has 1 unspecified atom stereocenters. The zero-order valence-corrected chi connectivity index (χ0v) is 8.10. The highest BCUT2D eigenvalue weighted by molar-refractivity contribution is 5.86. The number of nitrogens with two attached hydrogens (primary N) is 3. The normalized spacial score (nSPS) is 16.1. The van der Waals surface area contributed by atoms with Crippen molar-refractivity contribution in [2.45, 2.75) is 24.9 Å². The molecule has 2 atom stereocenters. The van der Waals surface area contributed by atoms with E-state index in [1.807, 2.05) is 0 Å². The summed E-state index contributed by atoms with van der Waals surface area (Å²) in [6.45, 7) is 0. The Hall–Kier alpha value is -1.18. The number of hydrogen-bond donors (Lipinski definition) is 5. The number of aliphatic carboxylic acids is 1. The van der Waals surface area contributed by atoms with E-state index in [-0.39, 0.29) is 6.42 Å². The van der Waals surface area contributed by atoms with Gasteiger partial charge in [0.05, 0.1) is 6.04 Å². The van der Waals surface area contributed by atoms with E-state index in [2.05, 4.69) is 10.4 Å². The van der Waals surface area contributed by atoms with E-state index in [1.54, 1.807) is 7.05 Å². The number of nitrogens with zero attached hydrogens (tertiary/aromatic N) is 1. The lowest BCUT2D eigenvalue weighted by Crippen LogP contribution is -2.45. The largest absolute Gasteiger partial charge is 0.480 e. The average Bonchev–Trinajstić information content (AvgIpc) is 2.15. The third kappa shape index (κ3) is 4.17. The number of hydrogen-bond acceptors (Lipinski definition) is 5. The standard InChI is InChI=1S/C7H17N5O2/c1-11-6(12-10)4(8)2-3-5(9)7(13)14/h4-5H,2-3,8-10H2,1H3,(H,11,12)(H,13,14)/t4?,5-/m0/s1. The molecule has 82 valence electrons. The lowest BCUT2D eigenvalue weighted by atomic mass is 10.1. The Morgan fingerprint density at radius 1 is 1.43 bits per heavy atom. The summed E-state index contributed by atoms with van der Waals surface area (Å²) in [6, 6.07) is -1.30. The summed E-state index contributed by atoms with van der Waals surface area (Å²) in [5, 5.41) is 8.51. The molecule has 0 aromatic heterocycles. The fraction of sp³-hybridized carbons (Fsp3) is 0.714. The number of nitrogens with one attached hydrogen (secondary N) is 1. The highest BCUT2D eigenvalue weighted by Crippen LogP contribution is 1.99. The summed E-state index contributed by atoms with van der Waals surface area (Å²) < 4.78 is 0. The molecule has 0 aliphatic carbocycles. The maximum Gasteiger partial charge on any atom is 0.320 e.